The van der Waals surface area contributed by atoms with Gasteiger partial charge in [-0.25, -0.2) is 0 Å². The number of anilines is 1. The summed E-state index contributed by atoms with van der Waals surface area (Å²) in [6.45, 7) is 0. The van der Waals surface area contributed by atoms with E-state index in [2.05, 4.69) is 5.32 Å². The molecule has 5 nitrogen and oxygen atoms in total. The van der Waals surface area contributed by atoms with Crippen LogP contribution in [0.2, 0.25) is 0 Å². The highest BCUT2D eigenvalue weighted by molar-refractivity contribution is 5.59. The maximum atomic E-state index is 10.7. The maximum Gasteiger partial charge on any atom is 0.287 e. The molecule has 0 spiro atoms. The molecule has 1 fully saturated rings. The third-order valence-corrected chi connectivity index (χ3v) is 3.04. The van der Waals surface area contributed by atoms with Crippen LogP contribution in [-0.2, 0) is 0 Å². The van der Waals surface area contributed by atoms with Gasteiger partial charge in [-0.2, -0.15) is 5.26 Å². The second-order valence-corrected chi connectivity index (χ2v) is 4.23. The molecule has 1 aromatic rings. The third-order valence-electron chi connectivity index (χ3n) is 3.04. The van der Waals surface area contributed by atoms with Crippen molar-refractivity contribution in [3.63, 3.8) is 0 Å². The predicted molar refractivity (Wildman–Crippen MR) is 63.7 cm³/mol. The van der Waals surface area contributed by atoms with Gasteiger partial charge in [0.2, 0.25) is 0 Å². The average molecular weight is 231 g/mol. The zero-order valence-corrected chi connectivity index (χ0v) is 9.35. The van der Waals surface area contributed by atoms with E-state index in [0.717, 1.165) is 18.5 Å². The summed E-state index contributed by atoms with van der Waals surface area (Å²) in [5.74, 6) is 0. The Kier molecular flexibility index (Phi) is 3.24. The minimum absolute atomic E-state index is 0.109. The van der Waals surface area contributed by atoms with E-state index in [1.54, 1.807) is 12.1 Å². The molecule has 2 rings (SSSR count). The summed E-state index contributed by atoms with van der Waals surface area (Å²) in [6.07, 6.45) is 4.68. The molecule has 0 aromatic heterocycles. The molecule has 1 aliphatic carbocycles. The Morgan fingerprint density at radius 2 is 2.12 bits per heavy atom. The summed E-state index contributed by atoms with van der Waals surface area (Å²) in [7, 11) is 0. The summed E-state index contributed by atoms with van der Waals surface area (Å²) < 4.78 is 0. The van der Waals surface area contributed by atoms with Crippen molar-refractivity contribution in [1.82, 2.24) is 0 Å². The van der Waals surface area contributed by atoms with Crippen LogP contribution in [0.25, 0.3) is 0 Å². The van der Waals surface area contributed by atoms with Crippen molar-refractivity contribution in [2.45, 2.75) is 31.7 Å². The Hall–Kier alpha value is -2.09. The summed E-state index contributed by atoms with van der Waals surface area (Å²) in [4.78, 5) is 10.1. The molecule has 0 saturated heterocycles. The van der Waals surface area contributed by atoms with Crippen LogP contribution in [-0.4, -0.2) is 11.0 Å². The highest BCUT2D eigenvalue weighted by Crippen LogP contribution is 2.26. The molecule has 88 valence electrons. The lowest BCUT2D eigenvalue weighted by molar-refractivity contribution is -0.385. The van der Waals surface area contributed by atoms with E-state index in [9.17, 15) is 10.1 Å². The van der Waals surface area contributed by atoms with Gasteiger partial charge in [0.05, 0.1) is 4.92 Å². The fraction of sp³-hybridized carbons (Fsp3) is 0.417. The second kappa shape index (κ2) is 4.83. The quantitative estimate of drug-likeness (QED) is 0.640. The molecule has 17 heavy (non-hydrogen) atoms. The molecule has 5 heteroatoms. The number of nitrogens with zero attached hydrogens (tertiary/aromatic N) is 2. The number of benzene rings is 1. The molecule has 0 radical (unpaired) electrons. The fourth-order valence-corrected chi connectivity index (χ4v) is 2.18. The lowest BCUT2D eigenvalue weighted by Crippen LogP contribution is -2.14. The molecule has 0 atom stereocenters. The van der Waals surface area contributed by atoms with Crippen LogP contribution >= 0.6 is 0 Å². The van der Waals surface area contributed by atoms with E-state index in [1.807, 2.05) is 6.07 Å². The van der Waals surface area contributed by atoms with E-state index >= 15 is 0 Å². The van der Waals surface area contributed by atoms with Gasteiger partial charge in [0.15, 0.2) is 0 Å². The van der Waals surface area contributed by atoms with Crippen molar-refractivity contribution in [2.24, 2.45) is 0 Å². The van der Waals surface area contributed by atoms with Crippen molar-refractivity contribution in [3.05, 3.63) is 33.9 Å². The normalized spacial score (nSPS) is 15.5. The Labute approximate surface area is 99.2 Å². The standard InChI is InChI=1S/C12H13N3O2/c13-8-9-7-11(5-6-12(9)15(16)17)14-10-3-1-2-4-10/h5-7,10,14H,1-4H2. The average Bonchev–Trinajstić information content (AvgIpc) is 2.81. The number of hydrogen-bond acceptors (Lipinski definition) is 4. The SMILES string of the molecule is N#Cc1cc(NC2CCCC2)ccc1[N+](=O)[O-]. The van der Waals surface area contributed by atoms with Gasteiger partial charge in [-0.15, -0.1) is 0 Å². The number of nitriles is 1. The molecule has 1 N–H and O–H groups in total. The molecule has 0 aliphatic heterocycles. The van der Waals surface area contributed by atoms with Crippen molar-refractivity contribution < 1.29 is 4.92 Å². The van der Waals surface area contributed by atoms with Crippen molar-refractivity contribution >= 4 is 11.4 Å². The van der Waals surface area contributed by atoms with E-state index in [4.69, 9.17) is 5.26 Å². The maximum absolute atomic E-state index is 10.7. The van der Waals surface area contributed by atoms with E-state index < -0.39 is 4.92 Å². The van der Waals surface area contributed by atoms with Crippen molar-refractivity contribution in [2.75, 3.05) is 5.32 Å². The minimum atomic E-state index is -0.530. The predicted octanol–water partition coefficient (Wildman–Crippen LogP) is 2.82. The highest BCUT2D eigenvalue weighted by atomic mass is 16.6. The van der Waals surface area contributed by atoms with Crippen LogP contribution in [0.4, 0.5) is 11.4 Å². The summed E-state index contributed by atoms with van der Waals surface area (Å²) in [5.41, 5.74) is 0.765. The van der Waals surface area contributed by atoms with Gasteiger partial charge in [-0.1, -0.05) is 12.8 Å². The van der Waals surface area contributed by atoms with Crippen molar-refractivity contribution in [1.29, 1.82) is 5.26 Å². The molecule has 0 amide bonds. The van der Waals surface area contributed by atoms with Crippen molar-refractivity contribution in [3.8, 4) is 6.07 Å². The lowest BCUT2D eigenvalue weighted by atomic mass is 10.1. The van der Waals surface area contributed by atoms with Gasteiger partial charge < -0.3 is 5.32 Å². The fourth-order valence-electron chi connectivity index (χ4n) is 2.18. The minimum Gasteiger partial charge on any atom is -0.382 e. The van der Waals surface area contributed by atoms with E-state index in [1.165, 1.54) is 18.9 Å². The Balaban J connectivity index is 2.19. The first-order valence-corrected chi connectivity index (χ1v) is 5.66. The lowest BCUT2D eigenvalue weighted by Gasteiger charge is -2.13. The van der Waals surface area contributed by atoms with Gasteiger partial charge in [0.25, 0.3) is 5.69 Å². The molecular weight excluding hydrogens is 218 g/mol. The molecule has 0 bridgehead atoms. The van der Waals surface area contributed by atoms with Crippen LogP contribution in [0.15, 0.2) is 18.2 Å². The smallest absolute Gasteiger partial charge is 0.287 e. The second-order valence-electron chi connectivity index (χ2n) is 4.23. The van der Waals surface area contributed by atoms with Gasteiger partial charge in [-0.3, -0.25) is 10.1 Å². The molecule has 1 aromatic carbocycles. The van der Waals surface area contributed by atoms with Crippen LogP contribution in [0.3, 0.4) is 0 Å². The number of hydrogen-bond donors (Lipinski definition) is 1. The first kappa shape index (κ1) is 11.4. The number of nitro benzene ring substituents is 1. The molecule has 0 heterocycles. The highest BCUT2D eigenvalue weighted by Gasteiger charge is 2.17. The number of nitrogens with one attached hydrogen (secondary N) is 1. The zero-order valence-electron chi connectivity index (χ0n) is 9.35. The number of rotatable bonds is 3. The van der Waals surface area contributed by atoms with Gasteiger partial charge in [0, 0.05) is 17.8 Å². The number of nitro groups is 1. The topological polar surface area (TPSA) is 79.0 Å². The van der Waals surface area contributed by atoms with Gasteiger partial charge >= 0.3 is 0 Å². The summed E-state index contributed by atoms with van der Waals surface area (Å²) >= 11 is 0. The first-order valence-electron chi connectivity index (χ1n) is 5.66. The molecule has 1 saturated carbocycles. The monoisotopic (exact) mass is 231 g/mol. The zero-order chi connectivity index (χ0) is 12.3. The van der Waals surface area contributed by atoms with Crippen LogP contribution in [0.5, 0.6) is 0 Å². The molecule has 0 unspecified atom stereocenters. The Morgan fingerprint density at radius 1 is 1.41 bits per heavy atom. The van der Waals surface area contributed by atoms with Gasteiger partial charge in [0.1, 0.15) is 11.6 Å². The third kappa shape index (κ3) is 2.53. The largest absolute Gasteiger partial charge is 0.382 e. The molecule has 1 aliphatic rings. The van der Waals surface area contributed by atoms with E-state index in [-0.39, 0.29) is 11.3 Å². The summed E-state index contributed by atoms with van der Waals surface area (Å²) in [5, 5.41) is 22.8. The Morgan fingerprint density at radius 3 is 2.71 bits per heavy atom. The van der Waals surface area contributed by atoms with Gasteiger partial charge in [-0.05, 0) is 25.0 Å². The molecular formula is C12H13N3O2. The Bertz CT molecular complexity index is 473. The summed E-state index contributed by atoms with van der Waals surface area (Å²) in [6, 6.07) is 6.89. The van der Waals surface area contributed by atoms with E-state index in [0.29, 0.717) is 6.04 Å². The van der Waals surface area contributed by atoms with Crippen LogP contribution in [0, 0.1) is 21.4 Å². The van der Waals surface area contributed by atoms with Crippen LogP contribution in [0.1, 0.15) is 31.2 Å². The first-order chi connectivity index (χ1) is 8.20. The van der Waals surface area contributed by atoms with Crippen LogP contribution < -0.4 is 5.32 Å².